The predicted octanol–water partition coefficient (Wildman–Crippen LogP) is 1.07. The van der Waals surface area contributed by atoms with Crippen LogP contribution in [0.15, 0.2) is 29.3 Å². The third kappa shape index (κ3) is 3.58. The molecule has 0 saturated heterocycles. The molecule has 0 fully saturated rings. The number of rotatable bonds is 1. The average Bonchev–Trinajstić information content (AvgIpc) is 2.76. The van der Waals surface area contributed by atoms with Crippen LogP contribution in [0.3, 0.4) is 0 Å². The van der Waals surface area contributed by atoms with E-state index in [1.807, 2.05) is 12.1 Å². The highest BCUT2D eigenvalue weighted by atomic mass is 15.0. The normalized spacial score (nSPS) is 13.0. The van der Waals surface area contributed by atoms with Crippen LogP contribution in [0, 0.1) is 6.92 Å². The highest BCUT2D eigenvalue weighted by molar-refractivity contribution is 5.56. The molecule has 0 aliphatic carbocycles. The summed E-state index contributed by atoms with van der Waals surface area (Å²) in [4.78, 5) is 3.85. The van der Waals surface area contributed by atoms with Gasteiger partial charge in [-0.2, -0.15) is 0 Å². The van der Waals surface area contributed by atoms with Crippen molar-refractivity contribution in [1.82, 2.24) is 5.32 Å². The zero-order valence-corrected chi connectivity index (χ0v) is 8.53. The quantitative estimate of drug-likeness (QED) is 0.697. The minimum atomic E-state index is 0.646. The van der Waals surface area contributed by atoms with Crippen molar-refractivity contribution in [3.8, 4) is 0 Å². The second kappa shape index (κ2) is 6.16. The van der Waals surface area contributed by atoms with Gasteiger partial charge >= 0.3 is 0 Å². The molecule has 1 aromatic carbocycles. The van der Waals surface area contributed by atoms with Crippen molar-refractivity contribution in [2.75, 3.05) is 13.1 Å². The minimum absolute atomic E-state index is 0.646. The van der Waals surface area contributed by atoms with Crippen LogP contribution in [0.25, 0.3) is 0 Å². The lowest BCUT2D eigenvalue weighted by Gasteiger charge is -1.98. The molecule has 14 heavy (non-hydrogen) atoms. The third-order valence-corrected chi connectivity index (χ3v) is 2.05. The van der Waals surface area contributed by atoms with Gasteiger partial charge in [0.2, 0.25) is 0 Å². The summed E-state index contributed by atoms with van der Waals surface area (Å²) in [6, 6.07) is 8.15. The summed E-state index contributed by atoms with van der Waals surface area (Å²) in [6.45, 7) is 4.70. The number of aryl methyl sites for hydroxylation is 1. The van der Waals surface area contributed by atoms with Crippen molar-refractivity contribution in [1.29, 1.82) is 0 Å². The van der Waals surface area contributed by atoms with Crippen LogP contribution < -0.4 is 11.1 Å². The maximum absolute atomic E-state index is 5.45. The van der Waals surface area contributed by atoms with E-state index in [-0.39, 0.29) is 0 Å². The van der Waals surface area contributed by atoms with Crippen LogP contribution in [0.1, 0.15) is 11.1 Å². The lowest BCUT2D eigenvalue weighted by molar-refractivity contribution is 0.965. The summed E-state index contributed by atoms with van der Waals surface area (Å²) in [6.07, 6.45) is 1.74. The van der Waals surface area contributed by atoms with Crippen molar-refractivity contribution in [2.24, 2.45) is 10.7 Å². The van der Waals surface area contributed by atoms with E-state index < -0.39 is 0 Å². The summed E-state index contributed by atoms with van der Waals surface area (Å²) >= 11 is 0. The van der Waals surface area contributed by atoms with E-state index in [1.165, 1.54) is 11.1 Å². The lowest BCUT2D eigenvalue weighted by atomic mass is 10.1. The maximum atomic E-state index is 5.45. The molecule has 76 valence electrons. The van der Waals surface area contributed by atoms with Crippen LogP contribution in [0.2, 0.25) is 0 Å². The molecule has 2 rings (SSSR count). The SMILES string of the molecule is C1=NCCN1.Cc1ccccc1CN. The van der Waals surface area contributed by atoms with Crippen LogP contribution >= 0.6 is 0 Å². The summed E-state index contributed by atoms with van der Waals surface area (Å²) in [5.74, 6) is 0. The van der Waals surface area contributed by atoms with Gasteiger partial charge in [-0.15, -0.1) is 0 Å². The number of aliphatic imine (C=N–C) groups is 1. The van der Waals surface area contributed by atoms with E-state index in [0.29, 0.717) is 6.54 Å². The van der Waals surface area contributed by atoms with E-state index in [2.05, 4.69) is 29.4 Å². The number of hydrogen-bond acceptors (Lipinski definition) is 3. The molecule has 3 nitrogen and oxygen atoms in total. The van der Waals surface area contributed by atoms with Crippen molar-refractivity contribution < 1.29 is 0 Å². The molecule has 3 N–H and O–H groups in total. The highest BCUT2D eigenvalue weighted by Gasteiger charge is 1.89. The molecular formula is C11H17N3. The average molecular weight is 191 g/mol. The molecule has 0 amide bonds. The Morgan fingerprint density at radius 2 is 2.21 bits per heavy atom. The van der Waals surface area contributed by atoms with Gasteiger partial charge in [0, 0.05) is 13.1 Å². The second-order valence-corrected chi connectivity index (χ2v) is 3.12. The van der Waals surface area contributed by atoms with Gasteiger partial charge in [-0.25, -0.2) is 0 Å². The van der Waals surface area contributed by atoms with Gasteiger partial charge in [0.05, 0.1) is 12.9 Å². The molecule has 0 aromatic heterocycles. The fraction of sp³-hybridized carbons (Fsp3) is 0.364. The molecule has 1 heterocycles. The summed E-state index contributed by atoms with van der Waals surface area (Å²) in [5.41, 5.74) is 7.96. The number of hydrogen-bond donors (Lipinski definition) is 2. The van der Waals surface area contributed by atoms with E-state index in [4.69, 9.17) is 5.73 Å². The van der Waals surface area contributed by atoms with Gasteiger partial charge in [0.1, 0.15) is 0 Å². The van der Waals surface area contributed by atoms with E-state index in [1.54, 1.807) is 6.34 Å². The Labute approximate surface area is 85.0 Å². The Bertz CT molecular complexity index is 288. The van der Waals surface area contributed by atoms with Crippen molar-refractivity contribution in [2.45, 2.75) is 13.5 Å². The van der Waals surface area contributed by atoms with Gasteiger partial charge in [-0.3, -0.25) is 4.99 Å². The van der Waals surface area contributed by atoms with Crippen molar-refractivity contribution in [3.63, 3.8) is 0 Å². The molecule has 0 atom stereocenters. The Kier molecular flexibility index (Phi) is 4.72. The predicted molar refractivity (Wildman–Crippen MR) is 60.4 cm³/mol. The Morgan fingerprint density at radius 1 is 1.43 bits per heavy atom. The molecule has 1 aromatic rings. The molecule has 1 aliphatic rings. The molecule has 0 radical (unpaired) electrons. The number of nitrogens with two attached hydrogens (primary N) is 1. The molecule has 1 aliphatic heterocycles. The first-order chi connectivity index (χ1) is 6.84. The molecule has 0 saturated carbocycles. The fourth-order valence-electron chi connectivity index (χ4n) is 1.16. The van der Waals surface area contributed by atoms with Gasteiger partial charge in [-0.1, -0.05) is 24.3 Å². The van der Waals surface area contributed by atoms with E-state index >= 15 is 0 Å². The molecule has 0 spiro atoms. The number of benzene rings is 1. The maximum Gasteiger partial charge on any atom is 0.0825 e. The standard InChI is InChI=1S/C8H11N.C3H6N2/c1-7-4-2-3-5-8(7)6-9;1-2-5-3-4-1/h2-5H,6,9H2,1H3;3H,1-2H2,(H,4,5). The topological polar surface area (TPSA) is 50.4 Å². The number of nitrogens with one attached hydrogen (secondary N) is 1. The molecule has 0 unspecified atom stereocenters. The Morgan fingerprint density at radius 3 is 2.57 bits per heavy atom. The second-order valence-electron chi connectivity index (χ2n) is 3.12. The zero-order valence-electron chi connectivity index (χ0n) is 8.53. The van der Waals surface area contributed by atoms with Crippen LogP contribution in [-0.2, 0) is 6.54 Å². The Balaban J connectivity index is 0.000000165. The molecular weight excluding hydrogens is 174 g/mol. The first kappa shape index (κ1) is 10.7. The van der Waals surface area contributed by atoms with E-state index in [9.17, 15) is 0 Å². The smallest absolute Gasteiger partial charge is 0.0825 e. The summed E-state index contributed by atoms with van der Waals surface area (Å²) < 4.78 is 0. The van der Waals surface area contributed by atoms with Crippen molar-refractivity contribution in [3.05, 3.63) is 35.4 Å². The zero-order chi connectivity index (χ0) is 10.2. The fourth-order valence-corrected chi connectivity index (χ4v) is 1.16. The molecule has 3 heteroatoms. The summed E-state index contributed by atoms with van der Waals surface area (Å²) in [5, 5.41) is 2.93. The third-order valence-electron chi connectivity index (χ3n) is 2.05. The monoisotopic (exact) mass is 191 g/mol. The minimum Gasteiger partial charge on any atom is -0.375 e. The summed E-state index contributed by atoms with van der Waals surface area (Å²) in [7, 11) is 0. The molecule has 0 bridgehead atoms. The number of nitrogens with zero attached hydrogens (tertiary/aromatic N) is 1. The lowest BCUT2D eigenvalue weighted by Crippen LogP contribution is -2.04. The first-order valence-electron chi connectivity index (χ1n) is 4.81. The van der Waals surface area contributed by atoms with Gasteiger partial charge < -0.3 is 11.1 Å². The largest absolute Gasteiger partial charge is 0.375 e. The van der Waals surface area contributed by atoms with Gasteiger partial charge in [0.25, 0.3) is 0 Å². The van der Waals surface area contributed by atoms with Crippen LogP contribution in [-0.4, -0.2) is 19.4 Å². The van der Waals surface area contributed by atoms with Crippen molar-refractivity contribution >= 4 is 6.34 Å². The van der Waals surface area contributed by atoms with Crippen LogP contribution in [0.4, 0.5) is 0 Å². The van der Waals surface area contributed by atoms with Gasteiger partial charge in [-0.05, 0) is 18.1 Å². The van der Waals surface area contributed by atoms with E-state index in [0.717, 1.165) is 13.1 Å². The van der Waals surface area contributed by atoms with Crippen LogP contribution in [0.5, 0.6) is 0 Å². The first-order valence-corrected chi connectivity index (χ1v) is 4.81. The highest BCUT2D eigenvalue weighted by Crippen LogP contribution is 2.04. The Hall–Kier alpha value is -1.35. The van der Waals surface area contributed by atoms with Gasteiger partial charge in [0.15, 0.2) is 0 Å².